The second-order valence-corrected chi connectivity index (χ2v) is 6.50. The third kappa shape index (κ3) is 2.54. The number of para-hydroxylation sites is 1. The minimum absolute atomic E-state index is 0.211. The summed E-state index contributed by atoms with van der Waals surface area (Å²) in [5.41, 5.74) is 2.15. The molecule has 2 fully saturated rings. The molecule has 1 aromatic heterocycles. The van der Waals surface area contributed by atoms with Gasteiger partial charge in [0.1, 0.15) is 0 Å². The normalized spacial score (nSPS) is 23.5. The molecule has 4 rings (SSSR count). The third-order valence-corrected chi connectivity index (χ3v) is 5.16. The van der Waals surface area contributed by atoms with Crippen LogP contribution in [-0.4, -0.2) is 34.5 Å². The van der Waals surface area contributed by atoms with Crippen LogP contribution in [0.5, 0.6) is 0 Å². The molecule has 5 nitrogen and oxygen atoms in total. The standard InChI is InChI=1S/C19H22N4O/c1-2-14-12-20-19(21-13-14)22-11-10-17-16(22)8-9-18(24)23(17)15-6-4-3-5-7-15/h3-7,12-13,16-17H,2,8-11H2,1H3/t16-,17-/m1/s1. The highest BCUT2D eigenvalue weighted by Gasteiger charge is 2.44. The van der Waals surface area contributed by atoms with Crippen LogP contribution < -0.4 is 9.80 Å². The van der Waals surface area contributed by atoms with Gasteiger partial charge in [0.15, 0.2) is 0 Å². The second-order valence-electron chi connectivity index (χ2n) is 6.50. The predicted octanol–water partition coefficient (Wildman–Crippen LogP) is 2.81. The van der Waals surface area contributed by atoms with Crippen molar-refractivity contribution >= 4 is 17.5 Å². The van der Waals surface area contributed by atoms with Crippen molar-refractivity contribution in [2.75, 3.05) is 16.3 Å². The third-order valence-electron chi connectivity index (χ3n) is 5.16. The summed E-state index contributed by atoms with van der Waals surface area (Å²) in [4.78, 5) is 25.9. The van der Waals surface area contributed by atoms with Gasteiger partial charge in [-0.05, 0) is 37.0 Å². The van der Waals surface area contributed by atoms with Gasteiger partial charge in [0.05, 0.1) is 12.1 Å². The molecule has 0 spiro atoms. The summed E-state index contributed by atoms with van der Waals surface area (Å²) in [6.45, 7) is 3.01. The maximum atomic E-state index is 12.5. The average Bonchev–Trinajstić information content (AvgIpc) is 3.06. The molecular weight excluding hydrogens is 300 g/mol. The van der Waals surface area contributed by atoms with Crippen LogP contribution >= 0.6 is 0 Å². The molecule has 0 N–H and O–H groups in total. The van der Waals surface area contributed by atoms with Crippen LogP contribution in [0.1, 0.15) is 31.7 Å². The summed E-state index contributed by atoms with van der Waals surface area (Å²) in [6.07, 6.45) is 7.20. The van der Waals surface area contributed by atoms with Crippen LogP contribution in [0.3, 0.4) is 0 Å². The van der Waals surface area contributed by atoms with Crippen LogP contribution in [0, 0.1) is 0 Å². The monoisotopic (exact) mass is 322 g/mol. The molecule has 2 aliphatic heterocycles. The quantitative estimate of drug-likeness (QED) is 0.872. The van der Waals surface area contributed by atoms with E-state index >= 15 is 0 Å². The van der Waals surface area contributed by atoms with Crippen molar-refractivity contribution in [1.29, 1.82) is 0 Å². The maximum Gasteiger partial charge on any atom is 0.227 e. The average molecular weight is 322 g/mol. The van der Waals surface area contributed by atoms with Crippen molar-refractivity contribution in [2.24, 2.45) is 0 Å². The van der Waals surface area contributed by atoms with Gasteiger partial charge in [-0.25, -0.2) is 9.97 Å². The summed E-state index contributed by atoms with van der Waals surface area (Å²) in [7, 11) is 0. The first-order valence-electron chi connectivity index (χ1n) is 8.72. The highest BCUT2D eigenvalue weighted by molar-refractivity contribution is 5.95. The molecule has 1 amide bonds. The molecule has 124 valence electrons. The Bertz CT molecular complexity index is 716. The first-order valence-corrected chi connectivity index (χ1v) is 8.72. The Morgan fingerprint density at radius 1 is 1.08 bits per heavy atom. The largest absolute Gasteiger partial charge is 0.336 e. The molecule has 1 aromatic carbocycles. The number of amides is 1. The molecule has 0 bridgehead atoms. The molecule has 5 heteroatoms. The summed E-state index contributed by atoms with van der Waals surface area (Å²) in [6, 6.07) is 10.5. The van der Waals surface area contributed by atoms with E-state index in [-0.39, 0.29) is 11.9 Å². The summed E-state index contributed by atoms with van der Waals surface area (Å²) >= 11 is 0. The number of hydrogen-bond donors (Lipinski definition) is 0. The number of hydrogen-bond acceptors (Lipinski definition) is 4. The van der Waals surface area contributed by atoms with Crippen molar-refractivity contribution < 1.29 is 4.79 Å². The number of carbonyl (C=O) groups excluding carboxylic acids is 1. The number of aromatic nitrogens is 2. The van der Waals surface area contributed by atoms with E-state index in [4.69, 9.17) is 0 Å². The fraction of sp³-hybridized carbons (Fsp3) is 0.421. The van der Waals surface area contributed by atoms with E-state index in [1.807, 2.05) is 47.6 Å². The lowest BCUT2D eigenvalue weighted by Crippen LogP contribution is -2.52. The van der Waals surface area contributed by atoms with E-state index in [1.165, 1.54) is 0 Å². The van der Waals surface area contributed by atoms with Gasteiger partial charge in [0.2, 0.25) is 11.9 Å². The lowest BCUT2D eigenvalue weighted by atomic mass is 9.95. The zero-order chi connectivity index (χ0) is 16.5. The molecule has 0 aliphatic carbocycles. The van der Waals surface area contributed by atoms with E-state index in [0.29, 0.717) is 12.5 Å². The van der Waals surface area contributed by atoms with Crippen molar-refractivity contribution in [1.82, 2.24) is 9.97 Å². The van der Waals surface area contributed by atoms with Crippen LogP contribution in [0.25, 0.3) is 0 Å². The zero-order valence-corrected chi connectivity index (χ0v) is 13.9. The Morgan fingerprint density at radius 3 is 2.54 bits per heavy atom. The lowest BCUT2D eigenvalue weighted by molar-refractivity contribution is -0.120. The fourth-order valence-electron chi connectivity index (χ4n) is 3.91. The number of aryl methyl sites for hydroxylation is 1. The summed E-state index contributed by atoms with van der Waals surface area (Å²) < 4.78 is 0. The topological polar surface area (TPSA) is 49.3 Å². The van der Waals surface area contributed by atoms with Gasteiger partial charge in [0, 0.05) is 31.0 Å². The Hall–Kier alpha value is -2.43. The molecule has 0 radical (unpaired) electrons. The second kappa shape index (κ2) is 6.23. The Labute approximate surface area is 142 Å². The van der Waals surface area contributed by atoms with Gasteiger partial charge < -0.3 is 9.80 Å². The number of anilines is 2. The Morgan fingerprint density at radius 2 is 1.83 bits per heavy atom. The van der Waals surface area contributed by atoms with Gasteiger partial charge in [-0.3, -0.25) is 4.79 Å². The number of nitrogens with zero attached hydrogens (tertiary/aromatic N) is 4. The first kappa shape index (κ1) is 15.1. The molecule has 2 aliphatic rings. The minimum atomic E-state index is 0.211. The molecule has 0 unspecified atom stereocenters. The van der Waals surface area contributed by atoms with Crippen molar-refractivity contribution in [3.05, 3.63) is 48.3 Å². The fourth-order valence-corrected chi connectivity index (χ4v) is 3.91. The van der Waals surface area contributed by atoms with Crippen molar-refractivity contribution in [2.45, 2.75) is 44.7 Å². The highest BCUT2D eigenvalue weighted by atomic mass is 16.2. The highest BCUT2D eigenvalue weighted by Crippen LogP contribution is 2.36. The van der Waals surface area contributed by atoms with Gasteiger partial charge >= 0.3 is 0 Å². The van der Waals surface area contributed by atoms with Crippen molar-refractivity contribution in [3.63, 3.8) is 0 Å². The number of benzene rings is 1. The molecule has 2 atom stereocenters. The zero-order valence-electron chi connectivity index (χ0n) is 13.9. The number of rotatable bonds is 3. The minimum Gasteiger partial charge on any atom is -0.336 e. The van der Waals surface area contributed by atoms with Gasteiger partial charge in [0.25, 0.3) is 0 Å². The SMILES string of the molecule is CCc1cnc(N2CC[C@@H]3[C@H]2CCC(=O)N3c2ccccc2)nc1. The predicted molar refractivity (Wildman–Crippen MR) is 94.1 cm³/mol. The van der Waals surface area contributed by atoms with E-state index in [1.54, 1.807) is 0 Å². The van der Waals surface area contributed by atoms with E-state index in [0.717, 1.165) is 43.0 Å². The molecule has 2 aromatic rings. The van der Waals surface area contributed by atoms with Gasteiger partial charge in [-0.2, -0.15) is 0 Å². The van der Waals surface area contributed by atoms with Crippen LogP contribution in [0.15, 0.2) is 42.7 Å². The lowest BCUT2D eigenvalue weighted by Gasteiger charge is -2.39. The number of carbonyl (C=O) groups is 1. The molecule has 2 saturated heterocycles. The van der Waals surface area contributed by atoms with Crippen molar-refractivity contribution in [3.8, 4) is 0 Å². The first-order chi connectivity index (χ1) is 11.8. The summed E-state index contributed by atoms with van der Waals surface area (Å²) in [5, 5.41) is 0. The van der Waals surface area contributed by atoms with E-state index in [2.05, 4.69) is 21.8 Å². The smallest absolute Gasteiger partial charge is 0.227 e. The van der Waals surface area contributed by atoms with Crippen LogP contribution in [-0.2, 0) is 11.2 Å². The Balaban J connectivity index is 1.61. The van der Waals surface area contributed by atoms with Gasteiger partial charge in [-0.1, -0.05) is 25.1 Å². The van der Waals surface area contributed by atoms with E-state index in [9.17, 15) is 4.79 Å². The number of piperidine rings is 1. The number of fused-ring (bicyclic) bond motifs is 1. The molecular formula is C19H22N4O. The van der Waals surface area contributed by atoms with E-state index < -0.39 is 0 Å². The van der Waals surface area contributed by atoms with Gasteiger partial charge in [-0.15, -0.1) is 0 Å². The maximum absolute atomic E-state index is 12.5. The van der Waals surface area contributed by atoms with Crippen LogP contribution in [0.4, 0.5) is 11.6 Å². The summed E-state index contributed by atoms with van der Waals surface area (Å²) in [5.74, 6) is 1.02. The van der Waals surface area contributed by atoms with Crippen LogP contribution in [0.2, 0.25) is 0 Å². The molecule has 24 heavy (non-hydrogen) atoms. The Kier molecular flexibility index (Phi) is 3.92. The molecule has 0 saturated carbocycles. The molecule has 3 heterocycles.